The maximum absolute atomic E-state index is 13.3. The second-order valence-electron chi connectivity index (χ2n) is 4.23. The number of benzene rings is 1. The number of carbonyl (C=O) groups is 1. The van der Waals surface area contributed by atoms with Crippen molar-refractivity contribution >= 4 is 11.6 Å². The van der Waals surface area contributed by atoms with Gasteiger partial charge in [-0.05, 0) is 12.1 Å². The third-order valence-corrected chi connectivity index (χ3v) is 2.69. The van der Waals surface area contributed by atoms with Crippen LogP contribution in [0.15, 0.2) is 24.3 Å². The summed E-state index contributed by atoms with van der Waals surface area (Å²) in [4.78, 5) is 11.6. The molecule has 0 radical (unpaired) electrons. The van der Waals surface area contributed by atoms with Crippen LogP contribution in [0.1, 0.15) is 0 Å². The van der Waals surface area contributed by atoms with Gasteiger partial charge in [0.05, 0.1) is 38.2 Å². The molecule has 1 amide bonds. The average Bonchev–Trinajstić information content (AvgIpc) is 2.43. The Morgan fingerprint density at radius 3 is 2.95 bits per heavy atom. The quantitative estimate of drug-likeness (QED) is 0.828. The van der Waals surface area contributed by atoms with Crippen molar-refractivity contribution in [2.75, 3.05) is 38.2 Å². The summed E-state index contributed by atoms with van der Waals surface area (Å²) in [5.74, 6) is -0.735. The lowest BCUT2D eigenvalue weighted by atomic mass is 10.3. The highest BCUT2D eigenvalue weighted by Gasteiger charge is 2.14. The van der Waals surface area contributed by atoms with E-state index in [4.69, 9.17) is 9.47 Å². The van der Waals surface area contributed by atoms with Crippen LogP contribution in [0.4, 0.5) is 10.1 Å². The Hall–Kier alpha value is -1.50. The number of hydrogen-bond acceptors (Lipinski definition) is 4. The summed E-state index contributed by atoms with van der Waals surface area (Å²) < 4.78 is 23.9. The van der Waals surface area contributed by atoms with E-state index in [9.17, 15) is 9.18 Å². The van der Waals surface area contributed by atoms with Gasteiger partial charge in [-0.15, -0.1) is 0 Å². The molecule has 1 aliphatic rings. The van der Waals surface area contributed by atoms with E-state index in [1.54, 1.807) is 12.1 Å². The fourth-order valence-corrected chi connectivity index (χ4v) is 1.76. The highest BCUT2D eigenvalue weighted by molar-refractivity contribution is 5.92. The minimum absolute atomic E-state index is 0.0324. The molecule has 1 heterocycles. The standard InChI is InChI=1S/C13H17FN2O3/c14-11-3-1-2-4-12(11)16-13(17)8-15-7-10-9-18-5-6-19-10/h1-4,10,15H,5-9H2,(H,16,17). The largest absolute Gasteiger partial charge is 0.376 e. The molecule has 104 valence electrons. The van der Waals surface area contributed by atoms with Crippen LogP contribution >= 0.6 is 0 Å². The molecule has 1 aromatic carbocycles. The van der Waals surface area contributed by atoms with Crippen LogP contribution in [-0.4, -0.2) is 44.9 Å². The summed E-state index contributed by atoms with van der Waals surface area (Å²) in [5, 5.41) is 5.45. The molecular weight excluding hydrogens is 251 g/mol. The van der Waals surface area contributed by atoms with Crippen molar-refractivity contribution in [3.63, 3.8) is 0 Å². The zero-order valence-corrected chi connectivity index (χ0v) is 10.5. The first-order valence-electron chi connectivity index (χ1n) is 6.20. The molecular formula is C13H17FN2O3. The van der Waals surface area contributed by atoms with Gasteiger partial charge in [0, 0.05) is 6.54 Å². The Morgan fingerprint density at radius 1 is 1.37 bits per heavy atom. The van der Waals surface area contributed by atoms with Gasteiger partial charge < -0.3 is 20.1 Å². The second kappa shape index (κ2) is 7.18. The summed E-state index contributed by atoms with van der Waals surface area (Å²) >= 11 is 0. The summed E-state index contributed by atoms with van der Waals surface area (Å²) in [6.07, 6.45) is -0.0324. The lowest BCUT2D eigenvalue weighted by molar-refractivity contribution is -0.116. The van der Waals surface area contributed by atoms with Crippen LogP contribution in [0.5, 0.6) is 0 Å². The van der Waals surface area contributed by atoms with Crippen LogP contribution in [0, 0.1) is 5.82 Å². The average molecular weight is 268 g/mol. The maximum atomic E-state index is 13.3. The molecule has 1 aromatic rings. The molecule has 2 N–H and O–H groups in total. The molecule has 1 fully saturated rings. The van der Waals surface area contributed by atoms with Gasteiger partial charge in [-0.3, -0.25) is 4.79 Å². The number of rotatable bonds is 5. The molecule has 0 spiro atoms. The summed E-state index contributed by atoms with van der Waals surface area (Å²) in [6.45, 7) is 2.36. The molecule has 5 nitrogen and oxygen atoms in total. The Morgan fingerprint density at radius 2 is 2.21 bits per heavy atom. The van der Waals surface area contributed by atoms with E-state index in [-0.39, 0.29) is 24.2 Å². The Bertz CT molecular complexity index is 422. The normalized spacial score (nSPS) is 19.1. The van der Waals surface area contributed by atoms with Gasteiger partial charge in [0.1, 0.15) is 5.82 Å². The summed E-state index contributed by atoms with van der Waals surface area (Å²) in [5.41, 5.74) is 0.187. The number of carbonyl (C=O) groups excluding carboxylic acids is 1. The molecule has 1 aliphatic heterocycles. The zero-order chi connectivity index (χ0) is 13.5. The lowest BCUT2D eigenvalue weighted by Crippen LogP contribution is -2.40. The van der Waals surface area contributed by atoms with Gasteiger partial charge in [0.15, 0.2) is 0 Å². The lowest BCUT2D eigenvalue weighted by Gasteiger charge is -2.23. The smallest absolute Gasteiger partial charge is 0.238 e. The fraction of sp³-hybridized carbons (Fsp3) is 0.462. The van der Waals surface area contributed by atoms with Crippen molar-refractivity contribution in [2.45, 2.75) is 6.10 Å². The van der Waals surface area contributed by atoms with E-state index in [0.717, 1.165) is 0 Å². The van der Waals surface area contributed by atoms with E-state index >= 15 is 0 Å². The number of nitrogens with one attached hydrogen (secondary N) is 2. The number of anilines is 1. The third kappa shape index (κ3) is 4.59. The maximum Gasteiger partial charge on any atom is 0.238 e. The summed E-state index contributed by atoms with van der Waals surface area (Å²) in [7, 11) is 0. The molecule has 0 saturated carbocycles. The molecule has 1 atom stereocenters. The molecule has 0 aliphatic carbocycles. The van der Waals surface area contributed by atoms with Crippen molar-refractivity contribution in [2.24, 2.45) is 0 Å². The van der Waals surface area contributed by atoms with Crippen LogP contribution in [0.25, 0.3) is 0 Å². The van der Waals surface area contributed by atoms with Gasteiger partial charge in [-0.25, -0.2) is 4.39 Å². The van der Waals surface area contributed by atoms with E-state index < -0.39 is 5.82 Å². The van der Waals surface area contributed by atoms with E-state index in [1.165, 1.54) is 12.1 Å². The number of para-hydroxylation sites is 1. The van der Waals surface area contributed by atoms with Crippen LogP contribution < -0.4 is 10.6 Å². The number of ether oxygens (including phenoxy) is 2. The minimum Gasteiger partial charge on any atom is -0.376 e. The van der Waals surface area contributed by atoms with Crippen molar-refractivity contribution in [1.82, 2.24) is 5.32 Å². The van der Waals surface area contributed by atoms with Crippen molar-refractivity contribution in [3.05, 3.63) is 30.1 Å². The Labute approximate surface area is 111 Å². The van der Waals surface area contributed by atoms with Gasteiger partial charge in [-0.1, -0.05) is 12.1 Å². The number of halogens is 1. The van der Waals surface area contributed by atoms with Crippen LogP contribution in [0.3, 0.4) is 0 Å². The highest BCUT2D eigenvalue weighted by atomic mass is 19.1. The first-order valence-corrected chi connectivity index (χ1v) is 6.20. The Kier molecular flexibility index (Phi) is 5.26. The van der Waals surface area contributed by atoms with E-state index in [2.05, 4.69) is 10.6 Å². The minimum atomic E-state index is -0.445. The zero-order valence-electron chi connectivity index (χ0n) is 10.5. The number of amides is 1. The molecule has 1 unspecified atom stereocenters. The monoisotopic (exact) mass is 268 g/mol. The molecule has 6 heteroatoms. The van der Waals surface area contributed by atoms with Crippen LogP contribution in [-0.2, 0) is 14.3 Å². The van der Waals surface area contributed by atoms with Crippen molar-refractivity contribution in [1.29, 1.82) is 0 Å². The highest BCUT2D eigenvalue weighted by Crippen LogP contribution is 2.11. The Balaban J connectivity index is 1.68. The second-order valence-corrected chi connectivity index (χ2v) is 4.23. The topological polar surface area (TPSA) is 59.6 Å². The molecule has 0 bridgehead atoms. The molecule has 2 rings (SSSR count). The predicted molar refractivity (Wildman–Crippen MR) is 68.5 cm³/mol. The number of hydrogen-bond donors (Lipinski definition) is 2. The molecule has 1 saturated heterocycles. The first kappa shape index (κ1) is 13.9. The fourth-order valence-electron chi connectivity index (χ4n) is 1.76. The van der Waals surface area contributed by atoms with Gasteiger partial charge in [0.2, 0.25) is 5.91 Å². The summed E-state index contributed by atoms with van der Waals surface area (Å²) in [6, 6.07) is 6.06. The van der Waals surface area contributed by atoms with Crippen LogP contribution in [0.2, 0.25) is 0 Å². The van der Waals surface area contributed by atoms with Gasteiger partial charge in [-0.2, -0.15) is 0 Å². The van der Waals surface area contributed by atoms with Gasteiger partial charge in [0.25, 0.3) is 0 Å². The van der Waals surface area contributed by atoms with Gasteiger partial charge >= 0.3 is 0 Å². The molecule has 0 aromatic heterocycles. The third-order valence-electron chi connectivity index (χ3n) is 2.69. The van der Waals surface area contributed by atoms with Crippen molar-refractivity contribution < 1.29 is 18.7 Å². The SMILES string of the molecule is O=C(CNCC1COCCO1)Nc1ccccc1F. The first-order chi connectivity index (χ1) is 9.25. The van der Waals surface area contributed by atoms with E-state index in [0.29, 0.717) is 26.4 Å². The predicted octanol–water partition coefficient (Wildman–Crippen LogP) is 0.769. The van der Waals surface area contributed by atoms with E-state index in [1.807, 2.05) is 0 Å². The van der Waals surface area contributed by atoms with Crippen molar-refractivity contribution in [3.8, 4) is 0 Å². The molecule has 19 heavy (non-hydrogen) atoms.